The Morgan fingerprint density at radius 1 is 0.846 bits per heavy atom. The van der Waals surface area contributed by atoms with Crippen molar-refractivity contribution in [3.05, 3.63) is 84.2 Å². The van der Waals surface area contributed by atoms with Crippen molar-refractivity contribution in [2.75, 3.05) is 10.6 Å². The Hall–Kier alpha value is -3.14. The van der Waals surface area contributed by atoms with Gasteiger partial charge in [0.25, 0.3) is 5.91 Å². The summed E-state index contributed by atoms with van der Waals surface area (Å²) in [7, 11) is 0. The number of aromatic nitrogens is 1. The zero-order valence-corrected chi connectivity index (χ0v) is 15.3. The third-order valence-corrected chi connectivity index (χ3v) is 4.11. The molecule has 4 nitrogen and oxygen atoms in total. The summed E-state index contributed by atoms with van der Waals surface area (Å²) in [4.78, 5) is 16.1. The highest BCUT2D eigenvalue weighted by Gasteiger charge is 2.12. The van der Waals surface area contributed by atoms with Crippen LogP contribution in [0.5, 0.6) is 0 Å². The lowest BCUT2D eigenvalue weighted by atomic mass is 9.87. The van der Waals surface area contributed by atoms with E-state index in [0.29, 0.717) is 5.56 Å². The SMILES string of the molecule is CC(C)(C)c1ccc(Nc2ccc(NC(=O)c3cccnc3)cc2)cc1. The van der Waals surface area contributed by atoms with Gasteiger partial charge in [0, 0.05) is 29.5 Å². The normalized spacial score (nSPS) is 11.0. The first-order chi connectivity index (χ1) is 12.4. The topological polar surface area (TPSA) is 54.0 Å². The van der Waals surface area contributed by atoms with Crippen molar-refractivity contribution >= 4 is 23.0 Å². The van der Waals surface area contributed by atoms with Crippen molar-refractivity contribution in [2.45, 2.75) is 26.2 Å². The number of carbonyl (C=O) groups excluding carboxylic acids is 1. The van der Waals surface area contributed by atoms with E-state index in [0.717, 1.165) is 17.1 Å². The van der Waals surface area contributed by atoms with Crippen LogP contribution in [0.3, 0.4) is 0 Å². The Bertz CT molecular complexity index is 864. The quantitative estimate of drug-likeness (QED) is 0.668. The fourth-order valence-electron chi connectivity index (χ4n) is 2.56. The van der Waals surface area contributed by atoms with E-state index in [4.69, 9.17) is 0 Å². The smallest absolute Gasteiger partial charge is 0.257 e. The van der Waals surface area contributed by atoms with Crippen molar-refractivity contribution in [2.24, 2.45) is 0 Å². The van der Waals surface area contributed by atoms with Gasteiger partial charge in [0.15, 0.2) is 0 Å². The molecular formula is C22H23N3O. The molecule has 0 fully saturated rings. The molecule has 0 bridgehead atoms. The van der Waals surface area contributed by atoms with Gasteiger partial charge >= 0.3 is 0 Å². The van der Waals surface area contributed by atoms with Crippen LogP contribution in [0.25, 0.3) is 0 Å². The largest absolute Gasteiger partial charge is 0.356 e. The van der Waals surface area contributed by atoms with Gasteiger partial charge in [-0.05, 0) is 59.5 Å². The van der Waals surface area contributed by atoms with E-state index in [1.807, 2.05) is 24.3 Å². The lowest BCUT2D eigenvalue weighted by Crippen LogP contribution is -2.11. The first-order valence-corrected chi connectivity index (χ1v) is 8.61. The monoisotopic (exact) mass is 345 g/mol. The molecule has 0 saturated heterocycles. The molecule has 0 unspecified atom stereocenters. The van der Waals surface area contributed by atoms with E-state index in [1.165, 1.54) is 5.56 Å². The molecule has 1 heterocycles. The number of nitrogens with one attached hydrogen (secondary N) is 2. The molecule has 26 heavy (non-hydrogen) atoms. The van der Waals surface area contributed by atoms with Crippen LogP contribution in [0, 0.1) is 0 Å². The molecule has 0 atom stereocenters. The maximum absolute atomic E-state index is 12.1. The van der Waals surface area contributed by atoms with E-state index in [9.17, 15) is 4.79 Å². The summed E-state index contributed by atoms with van der Waals surface area (Å²) in [6.07, 6.45) is 3.19. The minimum absolute atomic E-state index is 0.145. The molecule has 0 saturated carbocycles. The fraction of sp³-hybridized carbons (Fsp3) is 0.182. The number of hydrogen-bond acceptors (Lipinski definition) is 3. The number of benzene rings is 2. The summed E-state index contributed by atoms with van der Waals surface area (Å²) < 4.78 is 0. The number of nitrogens with zero attached hydrogens (tertiary/aromatic N) is 1. The van der Waals surface area contributed by atoms with Gasteiger partial charge in [0.1, 0.15) is 0 Å². The van der Waals surface area contributed by atoms with Gasteiger partial charge in [-0.15, -0.1) is 0 Å². The summed E-state index contributed by atoms with van der Waals surface area (Å²) in [6.45, 7) is 6.61. The number of hydrogen-bond donors (Lipinski definition) is 2. The van der Waals surface area contributed by atoms with Gasteiger partial charge in [0.05, 0.1) is 5.56 Å². The Morgan fingerprint density at radius 2 is 1.42 bits per heavy atom. The van der Waals surface area contributed by atoms with Crippen LogP contribution in [0.1, 0.15) is 36.7 Å². The molecule has 0 aliphatic rings. The Morgan fingerprint density at radius 3 is 1.96 bits per heavy atom. The zero-order chi connectivity index (χ0) is 18.6. The molecule has 1 aromatic heterocycles. The molecule has 3 rings (SSSR count). The van der Waals surface area contributed by atoms with Crippen molar-refractivity contribution in [1.82, 2.24) is 4.98 Å². The molecule has 2 N–H and O–H groups in total. The molecule has 2 aromatic carbocycles. The summed E-state index contributed by atoms with van der Waals surface area (Å²) in [5.41, 5.74) is 4.72. The van der Waals surface area contributed by atoms with Crippen molar-refractivity contribution in [3.63, 3.8) is 0 Å². The Labute approximate surface area is 154 Å². The fourth-order valence-corrected chi connectivity index (χ4v) is 2.56. The lowest BCUT2D eigenvalue weighted by Gasteiger charge is -2.19. The number of carbonyl (C=O) groups is 1. The predicted molar refractivity (Wildman–Crippen MR) is 107 cm³/mol. The molecule has 4 heteroatoms. The van der Waals surface area contributed by atoms with Crippen molar-refractivity contribution in [3.8, 4) is 0 Å². The second-order valence-electron chi connectivity index (χ2n) is 7.23. The molecule has 1 amide bonds. The standard InChI is InChI=1S/C22H23N3O/c1-22(2,3)17-6-8-18(9-7-17)24-19-10-12-20(13-11-19)25-21(26)16-5-4-14-23-15-16/h4-15,24H,1-3H3,(H,25,26). The van der Waals surface area contributed by atoms with Crippen LogP contribution in [0.4, 0.5) is 17.1 Å². The van der Waals surface area contributed by atoms with Gasteiger partial charge < -0.3 is 10.6 Å². The summed E-state index contributed by atoms with van der Waals surface area (Å²) >= 11 is 0. The molecule has 3 aromatic rings. The third-order valence-electron chi connectivity index (χ3n) is 4.11. The van der Waals surface area contributed by atoms with Gasteiger partial charge in [-0.1, -0.05) is 32.9 Å². The summed E-state index contributed by atoms with van der Waals surface area (Å²) in [5, 5.41) is 6.24. The number of amides is 1. The second kappa shape index (κ2) is 7.40. The second-order valence-corrected chi connectivity index (χ2v) is 7.23. The van der Waals surface area contributed by atoms with Crippen LogP contribution in [0.15, 0.2) is 73.1 Å². The number of rotatable bonds is 4. The summed E-state index contributed by atoms with van der Waals surface area (Å²) in [6, 6.07) is 19.6. The molecule has 0 spiro atoms. The van der Waals surface area contributed by atoms with Gasteiger partial charge in [-0.25, -0.2) is 0 Å². The van der Waals surface area contributed by atoms with Crippen LogP contribution in [-0.2, 0) is 5.41 Å². The highest BCUT2D eigenvalue weighted by Crippen LogP contribution is 2.25. The molecule has 0 aliphatic carbocycles. The van der Waals surface area contributed by atoms with Gasteiger partial charge in [0.2, 0.25) is 0 Å². The van der Waals surface area contributed by atoms with Gasteiger partial charge in [-0.3, -0.25) is 9.78 Å². The van der Waals surface area contributed by atoms with Crippen LogP contribution >= 0.6 is 0 Å². The number of pyridine rings is 1. The highest BCUT2D eigenvalue weighted by molar-refractivity contribution is 6.04. The van der Waals surface area contributed by atoms with Crippen molar-refractivity contribution in [1.29, 1.82) is 0 Å². The van der Waals surface area contributed by atoms with E-state index < -0.39 is 0 Å². The van der Waals surface area contributed by atoms with E-state index >= 15 is 0 Å². The molecule has 0 radical (unpaired) electrons. The minimum Gasteiger partial charge on any atom is -0.356 e. The van der Waals surface area contributed by atoms with Crippen LogP contribution in [0.2, 0.25) is 0 Å². The maximum Gasteiger partial charge on any atom is 0.257 e. The average molecular weight is 345 g/mol. The van der Waals surface area contributed by atoms with Crippen LogP contribution in [-0.4, -0.2) is 10.9 Å². The predicted octanol–water partition coefficient (Wildman–Crippen LogP) is 5.38. The van der Waals surface area contributed by atoms with Gasteiger partial charge in [-0.2, -0.15) is 0 Å². The van der Waals surface area contributed by atoms with E-state index in [1.54, 1.807) is 24.5 Å². The minimum atomic E-state index is -0.170. The molecule has 0 aliphatic heterocycles. The van der Waals surface area contributed by atoms with E-state index in [-0.39, 0.29) is 11.3 Å². The zero-order valence-electron chi connectivity index (χ0n) is 15.3. The molecule has 132 valence electrons. The number of anilines is 3. The third kappa shape index (κ3) is 4.48. The Balaban J connectivity index is 1.63. The highest BCUT2D eigenvalue weighted by atomic mass is 16.1. The Kier molecular flexibility index (Phi) is 5.03. The summed E-state index contributed by atoms with van der Waals surface area (Å²) in [5.74, 6) is -0.170. The van der Waals surface area contributed by atoms with E-state index in [2.05, 4.69) is 60.7 Å². The maximum atomic E-state index is 12.1. The van der Waals surface area contributed by atoms with Crippen molar-refractivity contribution < 1.29 is 4.79 Å². The first kappa shape index (κ1) is 17.7. The molecular weight excluding hydrogens is 322 g/mol. The lowest BCUT2D eigenvalue weighted by molar-refractivity contribution is 0.102. The van der Waals surface area contributed by atoms with Crippen LogP contribution < -0.4 is 10.6 Å². The average Bonchev–Trinajstić information content (AvgIpc) is 2.64. The first-order valence-electron chi connectivity index (χ1n) is 8.61.